The van der Waals surface area contributed by atoms with Gasteiger partial charge in [0.15, 0.2) is 0 Å². The van der Waals surface area contributed by atoms with E-state index in [1.54, 1.807) is 0 Å². The number of unbranched alkanes of at least 4 members (excludes halogenated alkanes) is 2. The summed E-state index contributed by atoms with van der Waals surface area (Å²) < 4.78 is 11.6. The van der Waals surface area contributed by atoms with Crippen molar-refractivity contribution in [1.82, 2.24) is 0 Å². The maximum atomic E-state index is 10.9. The van der Waals surface area contributed by atoms with Gasteiger partial charge in [-0.2, -0.15) is 0 Å². The molecule has 0 saturated heterocycles. The number of rotatable bonds is 16. The molecule has 1 aromatic rings. The Kier molecular flexibility index (Phi) is 11.6. The number of hydrogen-bond acceptors (Lipinski definition) is 4. The van der Waals surface area contributed by atoms with Crippen molar-refractivity contribution in [1.29, 1.82) is 0 Å². The number of aliphatic hydroxyl groups excluding tert-OH is 1. The number of aldehydes is 1. The van der Waals surface area contributed by atoms with Crippen LogP contribution in [0.1, 0.15) is 77.3 Å². The molecule has 0 aliphatic carbocycles. The molecule has 0 aliphatic rings. The zero-order valence-electron chi connectivity index (χ0n) is 18.3. The van der Waals surface area contributed by atoms with Crippen molar-refractivity contribution in [3.63, 3.8) is 0 Å². The summed E-state index contributed by atoms with van der Waals surface area (Å²) in [6, 6.07) is 8.36. The third-order valence-electron chi connectivity index (χ3n) is 5.03. The van der Waals surface area contributed by atoms with Crippen molar-refractivity contribution in [3.8, 4) is 0 Å². The summed E-state index contributed by atoms with van der Waals surface area (Å²) in [6.45, 7) is 11.1. The molecule has 0 aliphatic heterocycles. The molecule has 0 saturated carbocycles. The second-order valence-electron chi connectivity index (χ2n) is 9.27. The Morgan fingerprint density at radius 2 is 1.43 bits per heavy atom. The average molecular weight is 393 g/mol. The van der Waals surface area contributed by atoms with E-state index in [1.165, 1.54) is 11.1 Å². The fourth-order valence-corrected chi connectivity index (χ4v) is 2.92. The number of ether oxygens (including phenoxy) is 2. The Hall–Kier alpha value is -1.23. The lowest BCUT2D eigenvalue weighted by Gasteiger charge is -2.20. The zero-order valence-corrected chi connectivity index (χ0v) is 18.3. The molecule has 0 unspecified atom stereocenters. The van der Waals surface area contributed by atoms with Crippen LogP contribution in [0.4, 0.5) is 0 Å². The van der Waals surface area contributed by atoms with E-state index in [9.17, 15) is 9.90 Å². The normalized spacial score (nSPS) is 12.3. The van der Waals surface area contributed by atoms with Gasteiger partial charge in [-0.3, -0.25) is 0 Å². The van der Waals surface area contributed by atoms with Gasteiger partial charge in [0.1, 0.15) is 6.29 Å². The van der Waals surface area contributed by atoms with Gasteiger partial charge in [0, 0.05) is 25.2 Å². The highest BCUT2D eigenvalue weighted by Crippen LogP contribution is 2.22. The molecule has 0 amide bonds. The molecule has 4 heteroatoms. The first-order valence-corrected chi connectivity index (χ1v) is 10.6. The molecule has 0 atom stereocenters. The van der Waals surface area contributed by atoms with Gasteiger partial charge < -0.3 is 19.4 Å². The molecular weight excluding hydrogens is 352 g/mol. The van der Waals surface area contributed by atoms with E-state index in [4.69, 9.17) is 9.47 Å². The van der Waals surface area contributed by atoms with Crippen molar-refractivity contribution in [3.05, 3.63) is 35.4 Å². The number of aliphatic hydroxyl groups is 1. The van der Waals surface area contributed by atoms with Crippen molar-refractivity contribution >= 4 is 6.29 Å². The molecule has 1 rings (SSSR count). The minimum atomic E-state index is -0.219. The molecule has 4 nitrogen and oxygen atoms in total. The largest absolute Gasteiger partial charge is 0.396 e. The fraction of sp³-hybridized carbons (Fsp3) is 0.708. The van der Waals surface area contributed by atoms with Crippen LogP contribution in [0.25, 0.3) is 0 Å². The molecule has 0 heterocycles. The second kappa shape index (κ2) is 13.1. The SMILES string of the molecule is CC(C)(C=O)CCCCOCc1cccc(COCCCCC(C)(C)CO)c1. The quantitative estimate of drug-likeness (QED) is 0.306. The van der Waals surface area contributed by atoms with Crippen LogP contribution >= 0.6 is 0 Å². The minimum Gasteiger partial charge on any atom is -0.396 e. The van der Waals surface area contributed by atoms with Crippen molar-refractivity contribution in [2.24, 2.45) is 10.8 Å². The maximum absolute atomic E-state index is 10.9. The second-order valence-corrected chi connectivity index (χ2v) is 9.27. The van der Waals surface area contributed by atoms with Crippen LogP contribution in [0.3, 0.4) is 0 Å². The maximum Gasteiger partial charge on any atom is 0.125 e. The highest BCUT2D eigenvalue weighted by molar-refractivity contribution is 5.57. The molecule has 28 heavy (non-hydrogen) atoms. The van der Waals surface area contributed by atoms with Gasteiger partial charge in [-0.1, -0.05) is 64.8 Å². The molecule has 0 radical (unpaired) electrons. The van der Waals surface area contributed by atoms with Gasteiger partial charge >= 0.3 is 0 Å². The number of carbonyl (C=O) groups excluding carboxylic acids is 1. The van der Waals surface area contributed by atoms with Gasteiger partial charge in [0.05, 0.1) is 13.2 Å². The Bertz CT molecular complexity index is 551. The predicted molar refractivity (Wildman–Crippen MR) is 114 cm³/mol. The Labute approximate surface area is 171 Å². The van der Waals surface area contributed by atoms with Crippen molar-refractivity contribution in [2.45, 2.75) is 79.4 Å². The first kappa shape index (κ1) is 24.8. The third-order valence-corrected chi connectivity index (χ3v) is 5.03. The van der Waals surface area contributed by atoms with E-state index >= 15 is 0 Å². The van der Waals surface area contributed by atoms with Gasteiger partial charge in [-0.05, 0) is 42.2 Å². The minimum absolute atomic E-state index is 0.0129. The monoisotopic (exact) mass is 392 g/mol. The highest BCUT2D eigenvalue weighted by atomic mass is 16.5. The summed E-state index contributed by atoms with van der Waals surface area (Å²) in [5, 5.41) is 9.26. The van der Waals surface area contributed by atoms with Crippen LogP contribution < -0.4 is 0 Å². The van der Waals surface area contributed by atoms with E-state index in [-0.39, 0.29) is 17.4 Å². The van der Waals surface area contributed by atoms with E-state index in [0.717, 1.165) is 58.0 Å². The Morgan fingerprint density at radius 3 is 1.93 bits per heavy atom. The lowest BCUT2D eigenvalue weighted by molar-refractivity contribution is -0.115. The smallest absolute Gasteiger partial charge is 0.125 e. The van der Waals surface area contributed by atoms with Crippen LogP contribution in [-0.4, -0.2) is 31.2 Å². The highest BCUT2D eigenvalue weighted by Gasteiger charge is 2.15. The topological polar surface area (TPSA) is 55.8 Å². The summed E-state index contributed by atoms with van der Waals surface area (Å²) in [7, 11) is 0. The van der Waals surface area contributed by atoms with Gasteiger partial charge in [-0.25, -0.2) is 0 Å². The molecule has 0 spiro atoms. The lowest BCUT2D eigenvalue weighted by Crippen LogP contribution is -2.16. The number of carbonyl (C=O) groups is 1. The standard InChI is InChI=1S/C24H40O4/c1-23(2,19-25)12-5-7-14-27-17-21-10-9-11-22(16-21)18-28-15-8-6-13-24(3,4)20-26/h9-11,16,19,26H,5-8,12-15,17-18,20H2,1-4H3. The van der Waals surface area contributed by atoms with Crippen molar-refractivity contribution in [2.75, 3.05) is 19.8 Å². The van der Waals surface area contributed by atoms with Crippen molar-refractivity contribution < 1.29 is 19.4 Å². The predicted octanol–water partition coefficient (Wildman–Crippen LogP) is 5.30. The molecule has 1 aromatic carbocycles. The summed E-state index contributed by atoms with van der Waals surface area (Å²) in [5.74, 6) is 0. The molecular formula is C24H40O4. The summed E-state index contributed by atoms with van der Waals surface area (Å²) in [4.78, 5) is 10.9. The fourth-order valence-electron chi connectivity index (χ4n) is 2.92. The number of benzene rings is 1. The number of hydrogen-bond donors (Lipinski definition) is 1. The Balaban J connectivity index is 2.16. The molecule has 160 valence electrons. The van der Waals surface area contributed by atoms with Crippen LogP contribution in [0.2, 0.25) is 0 Å². The van der Waals surface area contributed by atoms with Gasteiger partial charge in [0.25, 0.3) is 0 Å². The summed E-state index contributed by atoms with van der Waals surface area (Å²) in [6.07, 6.45) is 7.05. The third kappa shape index (κ3) is 11.6. The van der Waals surface area contributed by atoms with E-state index in [1.807, 2.05) is 19.9 Å². The van der Waals surface area contributed by atoms with Crippen LogP contribution in [-0.2, 0) is 27.5 Å². The van der Waals surface area contributed by atoms with Crippen LogP contribution in [0.15, 0.2) is 24.3 Å². The summed E-state index contributed by atoms with van der Waals surface area (Å²) >= 11 is 0. The molecule has 0 bridgehead atoms. The van der Waals surface area contributed by atoms with Crippen LogP contribution in [0.5, 0.6) is 0 Å². The van der Waals surface area contributed by atoms with E-state index in [2.05, 4.69) is 32.0 Å². The lowest BCUT2D eigenvalue weighted by atomic mass is 9.88. The van der Waals surface area contributed by atoms with E-state index < -0.39 is 0 Å². The van der Waals surface area contributed by atoms with Gasteiger partial charge in [-0.15, -0.1) is 0 Å². The average Bonchev–Trinajstić information content (AvgIpc) is 2.67. The molecule has 0 aromatic heterocycles. The van der Waals surface area contributed by atoms with Crippen LogP contribution in [0, 0.1) is 10.8 Å². The molecule has 0 fully saturated rings. The Morgan fingerprint density at radius 1 is 0.893 bits per heavy atom. The first-order chi connectivity index (χ1) is 13.3. The molecule has 1 N–H and O–H groups in total. The van der Waals surface area contributed by atoms with E-state index in [0.29, 0.717) is 13.2 Å². The summed E-state index contributed by atoms with van der Waals surface area (Å²) in [5.41, 5.74) is 2.13. The zero-order chi connectivity index (χ0) is 20.9. The van der Waals surface area contributed by atoms with Gasteiger partial charge in [0.2, 0.25) is 0 Å². The first-order valence-electron chi connectivity index (χ1n) is 10.6.